The van der Waals surface area contributed by atoms with E-state index >= 15 is 0 Å². The van der Waals surface area contributed by atoms with Gasteiger partial charge < -0.3 is 20.1 Å². The lowest BCUT2D eigenvalue weighted by Gasteiger charge is -2.34. The summed E-state index contributed by atoms with van der Waals surface area (Å²) < 4.78 is 5.07. The minimum atomic E-state index is -1.04. The highest BCUT2D eigenvalue weighted by molar-refractivity contribution is 5.00. The number of ether oxygens (including phenoxy) is 1. The van der Waals surface area contributed by atoms with Gasteiger partial charge in [0.2, 0.25) is 0 Å². The van der Waals surface area contributed by atoms with Crippen molar-refractivity contribution in [1.82, 2.24) is 0 Å². The van der Waals surface area contributed by atoms with E-state index in [0.29, 0.717) is 0 Å². The molecule has 0 aliphatic carbocycles. The normalized spacial score (nSPS) is 42.2. The molecule has 1 aliphatic rings. The lowest BCUT2D eigenvalue weighted by atomic mass is 9.98. The Morgan fingerprint density at radius 3 is 2.67 bits per heavy atom. The molecular formula is C8H12O4. The predicted molar refractivity (Wildman–Crippen MR) is 41.2 cm³/mol. The SMILES string of the molecule is C#CC1CC(O)C(O)C(CO)O1. The van der Waals surface area contributed by atoms with Gasteiger partial charge in [0.1, 0.15) is 18.3 Å². The van der Waals surface area contributed by atoms with Crippen LogP contribution in [0.1, 0.15) is 6.42 Å². The first-order chi connectivity index (χ1) is 5.69. The van der Waals surface area contributed by atoms with Crippen LogP contribution in [-0.4, -0.2) is 46.3 Å². The summed E-state index contributed by atoms with van der Waals surface area (Å²) in [6.07, 6.45) is 2.07. The van der Waals surface area contributed by atoms with Crippen molar-refractivity contribution in [3.05, 3.63) is 0 Å². The third-order valence-electron chi connectivity index (χ3n) is 1.94. The summed E-state index contributed by atoms with van der Waals surface area (Å²) in [7, 11) is 0. The van der Waals surface area contributed by atoms with Crippen LogP contribution >= 0.6 is 0 Å². The number of aliphatic hydroxyl groups is 3. The monoisotopic (exact) mass is 172 g/mol. The van der Waals surface area contributed by atoms with E-state index in [-0.39, 0.29) is 13.0 Å². The van der Waals surface area contributed by atoms with Crippen molar-refractivity contribution in [1.29, 1.82) is 0 Å². The molecule has 4 heteroatoms. The Balaban J connectivity index is 2.59. The maximum Gasteiger partial charge on any atom is 0.121 e. The van der Waals surface area contributed by atoms with Gasteiger partial charge >= 0.3 is 0 Å². The summed E-state index contributed by atoms with van der Waals surface area (Å²) in [4.78, 5) is 0. The van der Waals surface area contributed by atoms with Crippen LogP contribution in [0.15, 0.2) is 0 Å². The van der Waals surface area contributed by atoms with Crippen LogP contribution in [-0.2, 0) is 4.74 Å². The molecule has 1 aliphatic heterocycles. The molecule has 1 heterocycles. The summed E-state index contributed by atoms with van der Waals surface area (Å²) >= 11 is 0. The van der Waals surface area contributed by atoms with Gasteiger partial charge in [0.15, 0.2) is 0 Å². The van der Waals surface area contributed by atoms with Gasteiger partial charge in [-0.25, -0.2) is 0 Å². The second-order valence-electron chi connectivity index (χ2n) is 2.81. The Bertz CT molecular complexity index is 186. The molecule has 4 atom stereocenters. The third-order valence-corrected chi connectivity index (χ3v) is 1.94. The van der Waals surface area contributed by atoms with Crippen molar-refractivity contribution in [2.75, 3.05) is 6.61 Å². The van der Waals surface area contributed by atoms with Crippen LogP contribution in [0.25, 0.3) is 0 Å². The molecule has 0 aromatic heterocycles. The first-order valence-corrected chi connectivity index (χ1v) is 3.77. The first-order valence-electron chi connectivity index (χ1n) is 3.77. The van der Waals surface area contributed by atoms with E-state index in [1.807, 2.05) is 0 Å². The third kappa shape index (κ3) is 1.76. The van der Waals surface area contributed by atoms with Crippen molar-refractivity contribution < 1.29 is 20.1 Å². The molecule has 4 nitrogen and oxygen atoms in total. The van der Waals surface area contributed by atoms with Crippen LogP contribution in [0.4, 0.5) is 0 Å². The molecular weight excluding hydrogens is 160 g/mol. The fourth-order valence-electron chi connectivity index (χ4n) is 1.21. The molecule has 1 saturated heterocycles. The molecule has 68 valence electrons. The van der Waals surface area contributed by atoms with Crippen LogP contribution in [0.5, 0.6) is 0 Å². The van der Waals surface area contributed by atoms with Crippen LogP contribution < -0.4 is 0 Å². The van der Waals surface area contributed by atoms with Gasteiger partial charge in [-0.3, -0.25) is 0 Å². The Morgan fingerprint density at radius 2 is 2.17 bits per heavy atom. The zero-order chi connectivity index (χ0) is 9.14. The Labute approximate surface area is 70.8 Å². The molecule has 3 N–H and O–H groups in total. The van der Waals surface area contributed by atoms with E-state index < -0.39 is 24.4 Å². The van der Waals surface area contributed by atoms with E-state index in [1.165, 1.54) is 0 Å². The lowest BCUT2D eigenvalue weighted by molar-refractivity contribution is -0.165. The van der Waals surface area contributed by atoms with Crippen LogP contribution in [0, 0.1) is 12.3 Å². The highest BCUT2D eigenvalue weighted by Crippen LogP contribution is 2.19. The van der Waals surface area contributed by atoms with Gasteiger partial charge in [-0.2, -0.15) is 0 Å². The van der Waals surface area contributed by atoms with E-state index in [9.17, 15) is 10.2 Å². The number of rotatable bonds is 1. The van der Waals surface area contributed by atoms with Crippen molar-refractivity contribution >= 4 is 0 Å². The number of hydrogen-bond donors (Lipinski definition) is 3. The first kappa shape index (κ1) is 9.49. The largest absolute Gasteiger partial charge is 0.394 e. The molecule has 0 saturated carbocycles. The maximum absolute atomic E-state index is 9.25. The van der Waals surface area contributed by atoms with Gasteiger partial charge in [0, 0.05) is 6.42 Å². The molecule has 0 bridgehead atoms. The summed E-state index contributed by atoms with van der Waals surface area (Å²) in [5.41, 5.74) is 0. The van der Waals surface area contributed by atoms with Gasteiger partial charge in [0.25, 0.3) is 0 Å². The smallest absolute Gasteiger partial charge is 0.121 e. The number of hydrogen-bond acceptors (Lipinski definition) is 4. The predicted octanol–water partition coefficient (Wildman–Crippen LogP) is -1.51. The molecule has 0 aromatic carbocycles. The lowest BCUT2D eigenvalue weighted by Crippen LogP contribution is -2.49. The van der Waals surface area contributed by atoms with Gasteiger partial charge in [-0.15, -0.1) is 6.42 Å². The van der Waals surface area contributed by atoms with Gasteiger partial charge in [-0.05, 0) is 0 Å². The van der Waals surface area contributed by atoms with Crippen LogP contribution in [0.3, 0.4) is 0 Å². The quantitative estimate of drug-likeness (QED) is 0.421. The molecule has 1 fully saturated rings. The van der Waals surface area contributed by atoms with E-state index in [2.05, 4.69) is 5.92 Å². The molecule has 12 heavy (non-hydrogen) atoms. The fourth-order valence-corrected chi connectivity index (χ4v) is 1.21. The molecule has 4 unspecified atom stereocenters. The zero-order valence-corrected chi connectivity index (χ0v) is 6.55. The Hall–Kier alpha value is -0.600. The van der Waals surface area contributed by atoms with E-state index in [0.717, 1.165) is 0 Å². The second-order valence-corrected chi connectivity index (χ2v) is 2.81. The average molecular weight is 172 g/mol. The number of terminal acetylenes is 1. The van der Waals surface area contributed by atoms with Crippen molar-refractivity contribution in [2.24, 2.45) is 0 Å². The maximum atomic E-state index is 9.25. The Morgan fingerprint density at radius 1 is 1.50 bits per heavy atom. The van der Waals surface area contributed by atoms with Crippen LogP contribution in [0.2, 0.25) is 0 Å². The van der Waals surface area contributed by atoms with Crippen molar-refractivity contribution in [3.8, 4) is 12.3 Å². The minimum Gasteiger partial charge on any atom is -0.394 e. The summed E-state index contributed by atoms with van der Waals surface area (Å²) in [6.45, 7) is -0.337. The summed E-state index contributed by atoms with van der Waals surface area (Å²) in [5.74, 6) is 2.31. The molecule has 1 rings (SSSR count). The molecule has 0 amide bonds. The summed E-state index contributed by atoms with van der Waals surface area (Å²) in [5, 5.41) is 27.2. The number of aliphatic hydroxyl groups excluding tert-OH is 3. The highest BCUT2D eigenvalue weighted by atomic mass is 16.5. The minimum absolute atomic E-state index is 0.216. The van der Waals surface area contributed by atoms with Crippen molar-refractivity contribution in [2.45, 2.75) is 30.8 Å². The molecule has 0 radical (unpaired) electrons. The fraction of sp³-hybridized carbons (Fsp3) is 0.750. The average Bonchev–Trinajstić information content (AvgIpc) is 2.09. The summed E-state index contributed by atoms with van der Waals surface area (Å²) in [6, 6.07) is 0. The topological polar surface area (TPSA) is 69.9 Å². The molecule has 0 spiro atoms. The van der Waals surface area contributed by atoms with E-state index in [1.54, 1.807) is 0 Å². The second kappa shape index (κ2) is 3.87. The van der Waals surface area contributed by atoms with Crippen molar-refractivity contribution in [3.63, 3.8) is 0 Å². The Kier molecular flexibility index (Phi) is 3.06. The van der Waals surface area contributed by atoms with E-state index in [4.69, 9.17) is 16.3 Å². The highest BCUT2D eigenvalue weighted by Gasteiger charge is 2.35. The van der Waals surface area contributed by atoms with Gasteiger partial charge in [0.05, 0.1) is 12.7 Å². The molecule has 0 aromatic rings. The van der Waals surface area contributed by atoms with Gasteiger partial charge in [-0.1, -0.05) is 5.92 Å². The standard InChI is InChI=1S/C8H12O4/c1-2-5-3-6(10)8(11)7(4-9)12-5/h1,5-11H,3-4H2. The zero-order valence-electron chi connectivity index (χ0n) is 6.55.